The van der Waals surface area contributed by atoms with E-state index in [0.29, 0.717) is 25.1 Å². The fraction of sp³-hybridized carbons (Fsp3) is 0.660. The zero-order chi connectivity index (χ0) is 47.1. The van der Waals surface area contributed by atoms with Crippen LogP contribution in [0.4, 0.5) is 4.39 Å². The summed E-state index contributed by atoms with van der Waals surface area (Å²) in [6.45, 7) is 10.8. The van der Waals surface area contributed by atoms with Crippen LogP contribution in [-0.4, -0.2) is 146 Å². The lowest BCUT2D eigenvalue weighted by atomic mass is 9.76. The van der Waals surface area contributed by atoms with E-state index in [0.717, 1.165) is 16.7 Å². The zero-order valence-electron chi connectivity index (χ0n) is 38.8. The number of aliphatic hydroxyl groups is 3. The van der Waals surface area contributed by atoms with Gasteiger partial charge < -0.3 is 43.9 Å². The van der Waals surface area contributed by atoms with E-state index < -0.39 is 102 Å². The van der Waals surface area contributed by atoms with Crippen LogP contribution in [-0.2, 0) is 44.5 Å². The first-order valence-corrected chi connectivity index (χ1v) is 22.2. The second-order valence-electron chi connectivity index (χ2n) is 18.1. The van der Waals surface area contributed by atoms with Crippen LogP contribution in [0.25, 0.3) is 11.1 Å². The van der Waals surface area contributed by atoms with Crippen molar-refractivity contribution in [3.8, 4) is 11.1 Å². The molecule has 2 aliphatic heterocycles. The molecule has 354 valence electrons. The van der Waals surface area contributed by atoms with Crippen molar-refractivity contribution < 1.29 is 57.8 Å². The predicted molar refractivity (Wildman–Crippen MR) is 233 cm³/mol. The number of ether oxygens (including phenoxy) is 5. The second-order valence-corrected chi connectivity index (χ2v) is 18.1. The molecule has 3 aromatic rings. The predicted octanol–water partition coefficient (Wildman–Crippen LogP) is 4.64. The molecule has 14 atom stereocenters. The number of methoxy groups -OCH3 is 2. The molecule has 5 rings (SSSR count). The molecule has 2 aliphatic rings. The van der Waals surface area contributed by atoms with Crippen molar-refractivity contribution in [2.24, 2.45) is 17.8 Å². The lowest BCUT2D eigenvalue weighted by Crippen LogP contribution is -2.59. The number of carbonyl (C=O) groups excluding carboxylic acids is 3. The standard InChI is InChI=1S/C47H68FN5O11/c1-11-38-47(7,59)43(57)30(5)40(55)27(2)23-46(6,61-10)39(22-37(54)29(4)44(58)63-38)64-45-41(56)35(21-28(3)62-45)52(8)20-18-34-26-53(51-50-34)36(24-48)42(60-9)32-16-14-31(15-17-32)33-13-12-19-49-25-33/h12-17,19,25-30,35-36,38-39,41-43,45,56-57,59H,11,18,20-24H2,1-10H3/t27-,28-,29-,30+,35+,36-,38-,39-,41-,42-,43-,45+,46-,47-/m1/s1. The topological polar surface area (TPSA) is 205 Å². The number of nitrogens with zero attached hydrogens (tertiary/aromatic N) is 5. The highest BCUT2D eigenvalue weighted by Gasteiger charge is 2.50. The van der Waals surface area contributed by atoms with Gasteiger partial charge in [0.05, 0.1) is 29.6 Å². The van der Waals surface area contributed by atoms with Crippen molar-refractivity contribution in [3.63, 3.8) is 0 Å². The summed E-state index contributed by atoms with van der Waals surface area (Å²) < 4.78 is 46.4. The Labute approximate surface area is 375 Å². The second kappa shape index (κ2) is 21.9. The molecule has 2 fully saturated rings. The number of carbonyl (C=O) groups is 3. The number of likely N-dealkylation sites (N-methyl/N-ethyl adjacent to an activating group) is 1. The van der Waals surface area contributed by atoms with Crippen LogP contribution in [0, 0.1) is 17.8 Å². The summed E-state index contributed by atoms with van der Waals surface area (Å²) in [4.78, 5) is 47.2. The Bertz CT molecular complexity index is 1990. The van der Waals surface area contributed by atoms with Gasteiger partial charge in [-0.2, -0.15) is 0 Å². The van der Waals surface area contributed by atoms with E-state index >= 15 is 0 Å². The van der Waals surface area contributed by atoms with Crippen molar-refractivity contribution in [3.05, 3.63) is 66.2 Å². The quantitative estimate of drug-likeness (QED) is 0.149. The van der Waals surface area contributed by atoms with E-state index in [-0.39, 0.29) is 25.0 Å². The first kappa shape index (κ1) is 50.9. The van der Waals surface area contributed by atoms with Crippen LogP contribution in [0.15, 0.2) is 55.0 Å². The van der Waals surface area contributed by atoms with E-state index in [1.165, 1.54) is 39.7 Å². The lowest BCUT2D eigenvalue weighted by molar-refractivity contribution is -0.290. The Morgan fingerprint density at radius 3 is 2.36 bits per heavy atom. The van der Waals surface area contributed by atoms with Gasteiger partial charge in [-0.05, 0) is 76.8 Å². The Morgan fingerprint density at radius 2 is 1.75 bits per heavy atom. The number of esters is 1. The van der Waals surface area contributed by atoms with Crippen LogP contribution >= 0.6 is 0 Å². The van der Waals surface area contributed by atoms with Gasteiger partial charge in [0.2, 0.25) is 0 Å². The third-order valence-electron chi connectivity index (χ3n) is 13.5. The summed E-state index contributed by atoms with van der Waals surface area (Å²) in [5.74, 6) is -4.91. The van der Waals surface area contributed by atoms with Gasteiger partial charge in [-0.3, -0.25) is 19.4 Å². The summed E-state index contributed by atoms with van der Waals surface area (Å²) in [6.07, 6.45) is -1.58. The fourth-order valence-corrected chi connectivity index (χ4v) is 9.11. The van der Waals surface area contributed by atoms with Crippen molar-refractivity contribution in [1.29, 1.82) is 0 Å². The number of hydrogen-bond acceptors (Lipinski definition) is 15. The molecule has 16 nitrogen and oxygen atoms in total. The average Bonchev–Trinajstić information content (AvgIpc) is 3.77. The number of aromatic nitrogens is 4. The van der Waals surface area contributed by atoms with E-state index in [1.807, 2.05) is 55.3 Å². The maximum atomic E-state index is 14.7. The normalized spacial score (nSPS) is 33.4. The first-order chi connectivity index (χ1) is 30.3. The third kappa shape index (κ3) is 11.5. The van der Waals surface area contributed by atoms with Crippen LogP contribution in [0.5, 0.6) is 0 Å². The maximum absolute atomic E-state index is 14.7. The number of ketones is 2. The van der Waals surface area contributed by atoms with E-state index in [9.17, 15) is 34.1 Å². The van der Waals surface area contributed by atoms with Crippen LogP contribution < -0.4 is 0 Å². The summed E-state index contributed by atoms with van der Waals surface area (Å²) >= 11 is 0. The molecule has 0 radical (unpaired) electrons. The average molecular weight is 898 g/mol. The number of halogens is 1. The molecule has 4 heterocycles. The van der Waals surface area contributed by atoms with Crippen molar-refractivity contribution >= 4 is 17.5 Å². The smallest absolute Gasteiger partial charge is 0.316 e. The fourth-order valence-electron chi connectivity index (χ4n) is 9.11. The monoisotopic (exact) mass is 897 g/mol. The minimum absolute atomic E-state index is 0.0325. The minimum Gasteiger partial charge on any atom is -0.459 e. The Balaban J connectivity index is 1.30. The molecule has 2 aromatic heterocycles. The number of cyclic esters (lactones) is 1. The maximum Gasteiger partial charge on any atom is 0.316 e. The molecule has 17 heteroatoms. The van der Waals surface area contributed by atoms with Gasteiger partial charge in [0.15, 0.2) is 6.29 Å². The molecule has 0 amide bonds. The molecule has 3 N–H and O–H groups in total. The van der Waals surface area contributed by atoms with Gasteiger partial charge in [0, 0.05) is 70.1 Å². The van der Waals surface area contributed by atoms with Crippen LogP contribution in [0.3, 0.4) is 0 Å². The zero-order valence-corrected chi connectivity index (χ0v) is 38.8. The number of pyridine rings is 1. The highest BCUT2D eigenvalue weighted by Crippen LogP contribution is 2.37. The molecule has 0 saturated carbocycles. The van der Waals surface area contributed by atoms with E-state index in [1.54, 1.807) is 39.4 Å². The molecule has 0 aliphatic carbocycles. The number of Topliss-reactive ketones (excluding diaryl/α,β-unsaturated/α-hetero) is 2. The lowest BCUT2D eigenvalue weighted by Gasteiger charge is -2.46. The number of rotatable bonds is 14. The van der Waals surface area contributed by atoms with Gasteiger partial charge in [-0.15, -0.1) is 5.10 Å². The Morgan fingerprint density at radius 1 is 1.05 bits per heavy atom. The molecule has 1 aromatic carbocycles. The van der Waals surface area contributed by atoms with Gasteiger partial charge >= 0.3 is 5.97 Å². The van der Waals surface area contributed by atoms with E-state index in [2.05, 4.69) is 15.3 Å². The SMILES string of the molecule is CC[C@H]1OC(=O)[C@H](C)C(=O)C[C@@H](O[C@@H]2O[C@H](C)C[C@H](N(C)CCc3cn([C@H](CF)[C@H](OC)c4ccc(-c5cccnc5)cc4)nn3)[C@H]2O)[C@](C)(OC)C[C@@H](C)C(=O)[C@H](C)[C@@H](O)[C@]1(C)O. The molecule has 0 bridgehead atoms. The van der Waals surface area contributed by atoms with Gasteiger partial charge in [0.25, 0.3) is 0 Å². The molecule has 0 spiro atoms. The van der Waals surface area contributed by atoms with Crippen molar-refractivity contribution in [2.75, 3.05) is 34.5 Å². The molecular weight excluding hydrogens is 830 g/mol. The first-order valence-electron chi connectivity index (χ1n) is 22.2. The van der Waals surface area contributed by atoms with Crippen molar-refractivity contribution in [1.82, 2.24) is 24.9 Å². The largest absolute Gasteiger partial charge is 0.459 e. The minimum atomic E-state index is -1.99. The highest BCUT2D eigenvalue weighted by atomic mass is 19.1. The van der Waals surface area contributed by atoms with Gasteiger partial charge in [-0.1, -0.05) is 56.3 Å². The van der Waals surface area contributed by atoms with Crippen LogP contribution in [0.1, 0.15) is 97.6 Å². The molecule has 64 heavy (non-hydrogen) atoms. The van der Waals surface area contributed by atoms with Crippen LogP contribution in [0.2, 0.25) is 0 Å². The summed E-state index contributed by atoms with van der Waals surface area (Å²) in [5, 5.41) is 43.2. The summed E-state index contributed by atoms with van der Waals surface area (Å²) in [6, 6.07) is 10.3. The summed E-state index contributed by atoms with van der Waals surface area (Å²) in [7, 11) is 4.81. The molecule has 2 saturated heterocycles. The molecular formula is C47H68FN5O11. The number of benzene rings is 1. The Kier molecular flexibility index (Phi) is 17.5. The highest BCUT2D eigenvalue weighted by molar-refractivity contribution is 5.99. The Hall–Kier alpha value is -4.07. The van der Waals surface area contributed by atoms with Gasteiger partial charge in [-0.25, -0.2) is 9.07 Å². The van der Waals surface area contributed by atoms with Crippen molar-refractivity contribution in [2.45, 2.75) is 147 Å². The summed E-state index contributed by atoms with van der Waals surface area (Å²) in [5.41, 5.74) is -0.00791. The van der Waals surface area contributed by atoms with Gasteiger partial charge in [0.1, 0.15) is 54.1 Å². The molecule has 0 unspecified atom stereocenters. The number of hydrogen-bond donors (Lipinski definition) is 3. The number of alkyl halides is 1. The van der Waals surface area contributed by atoms with E-state index in [4.69, 9.17) is 23.7 Å². The third-order valence-corrected chi connectivity index (χ3v) is 13.5. The number of aliphatic hydroxyl groups excluding tert-OH is 2.